The number of amides is 3. The molecule has 0 saturated carbocycles. The molecule has 1 aromatic rings. The first-order valence-electron chi connectivity index (χ1n) is 9.12. The molecule has 152 valence electrons. The maximum Gasteiger partial charge on any atom is 0.362 e. The molecule has 3 amide bonds. The molecular weight excluding hydrogens is 388 g/mol. The van der Waals surface area contributed by atoms with Gasteiger partial charge in [-0.3, -0.25) is 14.2 Å². The smallest absolute Gasteiger partial charge is 0.362 e. The Bertz CT molecular complexity index is 868. The minimum absolute atomic E-state index is 0.244. The molecule has 3 aliphatic heterocycles. The van der Waals surface area contributed by atoms with Gasteiger partial charge >= 0.3 is 16.3 Å². The molecule has 2 N–H and O–H groups in total. The molecule has 0 radical (unpaired) electrons. The van der Waals surface area contributed by atoms with E-state index in [1.54, 1.807) is 12.1 Å². The van der Waals surface area contributed by atoms with E-state index in [2.05, 4.69) is 10.2 Å². The number of fused-ring (bicyclic) bond motifs is 1. The predicted octanol–water partition coefficient (Wildman–Crippen LogP) is 0.139. The Hall–Kier alpha value is -2.21. The largest absolute Gasteiger partial charge is 0.379 e. The number of rotatable bonds is 4. The third-order valence-electron chi connectivity index (χ3n) is 5.36. The van der Waals surface area contributed by atoms with Crippen molar-refractivity contribution in [3.8, 4) is 0 Å². The van der Waals surface area contributed by atoms with Gasteiger partial charge in [-0.2, -0.15) is 8.42 Å². The van der Waals surface area contributed by atoms with Crippen LogP contribution < -0.4 is 5.32 Å². The second-order valence-electron chi connectivity index (χ2n) is 7.12. The van der Waals surface area contributed by atoms with Crippen LogP contribution in [-0.4, -0.2) is 83.9 Å². The molecule has 3 heterocycles. The minimum atomic E-state index is -4.58. The lowest BCUT2D eigenvalue weighted by Gasteiger charge is -2.42. The van der Waals surface area contributed by atoms with Gasteiger partial charge in [0.05, 0.1) is 19.3 Å². The van der Waals surface area contributed by atoms with Crippen LogP contribution in [0.2, 0.25) is 0 Å². The van der Waals surface area contributed by atoms with E-state index in [0.29, 0.717) is 16.4 Å². The van der Waals surface area contributed by atoms with Crippen molar-refractivity contribution in [3.05, 3.63) is 29.8 Å². The molecule has 2 atom stereocenters. The Morgan fingerprint density at radius 1 is 1.18 bits per heavy atom. The number of nitrogens with one attached hydrogen (secondary N) is 1. The summed E-state index contributed by atoms with van der Waals surface area (Å²) in [6.45, 7) is 4.32. The van der Waals surface area contributed by atoms with Crippen LogP contribution in [0.25, 0.3) is 0 Å². The summed E-state index contributed by atoms with van der Waals surface area (Å²) in [5.41, 5.74) is 1.72. The molecule has 0 aliphatic carbocycles. The molecular formula is C17H22N4O6S. The van der Waals surface area contributed by atoms with Crippen LogP contribution in [0.4, 0.5) is 10.5 Å². The van der Waals surface area contributed by atoms with Gasteiger partial charge in [0.15, 0.2) is 0 Å². The van der Waals surface area contributed by atoms with E-state index in [1.807, 2.05) is 12.1 Å². The zero-order chi connectivity index (χ0) is 19.9. The average Bonchev–Trinajstić information content (AvgIpc) is 3.02. The number of anilines is 1. The van der Waals surface area contributed by atoms with Gasteiger partial charge in [-0.25, -0.2) is 9.10 Å². The number of morpholine rings is 1. The fourth-order valence-electron chi connectivity index (χ4n) is 3.95. The number of hydrogen-bond acceptors (Lipinski definition) is 6. The summed E-state index contributed by atoms with van der Waals surface area (Å²) >= 11 is 0. The van der Waals surface area contributed by atoms with Gasteiger partial charge in [0.2, 0.25) is 0 Å². The Morgan fingerprint density at radius 3 is 2.50 bits per heavy atom. The van der Waals surface area contributed by atoms with Gasteiger partial charge in [0, 0.05) is 31.9 Å². The van der Waals surface area contributed by atoms with Crippen LogP contribution in [0.3, 0.4) is 0 Å². The monoisotopic (exact) mass is 410 g/mol. The second kappa shape index (κ2) is 7.32. The number of nitrogens with zero attached hydrogens (tertiary/aromatic N) is 3. The van der Waals surface area contributed by atoms with Crippen LogP contribution in [0.5, 0.6) is 0 Å². The van der Waals surface area contributed by atoms with Crippen molar-refractivity contribution < 1.29 is 27.3 Å². The number of ether oxygens (including phenoxy) is 1. The van der Waals surface area contributed by atoms with Gasteiger partial charge in [-0.1, -0.05) is 12.1 Å². The van der Waals surface area contributed by atoms with Crippen molar-refractivity contribution >= 4 is 27.9 Å². The molecule has 0 aromatic heterocycles. The number of β-lactam (4-membered cyclic amide) rings is 1. The second-order valence-corrected chi connectivity index (χ2v) is 8.41. The number of benzene rings is 1. The summed E-state index contributed by atoms with van der Waals surface area (Å²) in [6, 6.07) is 5.48. The van der Waals surface area contributed by atoms with Crippen LogP contribution in [0.15, 0.2) is 24.3 Å². The maximum absolute atomic E-state index is 12.5. The summed E-state index contributed by atoms with van der Waals surface area (Å²) in [5.74, 6) is -0.777. The summed E-state index contributed by atoms with van der Waals surface area (Å²) in [5, 5.41) is 2.74. The summed E-state index contributed by atoms with van der Waals surface area (Å²) in [6.07, 6.45) is 0.308. The van der Waals surface area contributed by atoms with Crippen LogP contribution in [-0.2, 0) is 26.4 Å². The van der Waals surface area contributed by atoms with Crippen molar-refractivity contribution in [2.24, 2.45) is 0 Å². The lowest BCUT2D eigenvalue weighted by Crippen LogP contribution is -2.68. The molecule has 3 fully saturated rings. The third kappa shape index (κ3) is 3.58. The molecule has 4 rings (SSSR count). The Kier molecular flexibility index (Phi) is 5.00. The number of urea groups is 1. The van der Waals surface area contributed by atoms with Crippen LogP contribution in [0, 0.1) is 0 Å². The fourth-order valence-corrected chi connectivity index (χ4v) is 4.85. The highest BCUT2D eigenvalue weighted by atomic mass is 32.2. The highest BCUT2D eigenvalue weighted by Gasteiger charge is 2.60. The molecule has 11 heteroatoms. The van der Waals surface area contributed by atoms with Crippen molar-refractivity contribution in [2.75, 3.05) is 38.2 Å². The first kappa shape index (κ1) is 19.1. The highest BCUT2D eigenvalue weighted by Crippen LogP contribution is 2.35. The van der Waals surface area contributed by atoms with Gasteiger partial charge in [-0.15, -0.1) is 0 Å². The number of hydrogen-bond donors (Lipinski definition) is 2. The Morgan fingerprint density at radius 2 is 1.86 bits per heavy atom. The lowest BCUT2D eigenvalue weighted by atomic mass is 10.0. The fraction of sp³-hybridized carbons (Fsp3) is 0.529. The molecule has 1 aromatic carbocycles. The molecule has 10 nitrogen and oxygen atoms in total. The van der Waals surface area contributed by atoms with E-state index in [1.165, 1.54) is 4.90 Å². The van der Waals surface area contributed by atoms with E-state index in [0.717, 1.165) is 38.4 Å². The quantitative estimate of drug-likeness (QED) is 0.535. The Balaban J connectivity index is 1.35. The maximum atomic E-state index is 12.5. The average molecular weight is 410 g/mol. The lowest BCUT2D eigenvalue weighted by molar-refractivity contribution is -0.143. The molecule has 0 bridgehead atoms. The normalized spacial score (nSPS) is 25.4. The van der Waals surface area contributed by atoms with E-state index < -0.39 is 34.3 Å². The van der Waals surface area contributed by atoms with Crippen LogP contribution >= 0.6 is 0 Å². The van der Waals surface area contributed by atoms with Gasteiger partial charge in [0.1, 0.15) is 6.04 Å². The molecule has 28 heavy (non-hydrogen) atoms. The first-order chi connectivity index (χ1) is 13.3. The van der Waals surface area contributed by atoms with E-state index >= 15 is 0 Å². The zero-order valence-corrected chi connectivity index (χ0v) is 16.0. The summed E-state index contributed by atoms with van der Waals surface area (Å²) in [7, 11) is -4.58. The van der Waals surface area contributed by atoms with Crippen LogP contribution in [0.1, 0.15) is 12.0 Å². The van der Waals surface area contributed by atoms with E-state index in [4.69, 9.17) is 9.29 Å². The summed E-state index contributed by atoms with van der Waals surface area (Å²) < 4.78 is 37.4. The van der Waals surface area contributed by atoms with E-state index in [9.17, 15) is 18.0 Å². The number of carbonyl (C=O) groups excluding carboxylic acids is 2. The molecule has 0 spiro atoms. The zero-order valence-electron chi connectivity index (χ0n) is 15.2. The van der Waals surface area contributed by atoms with Crippen molar-refractivity contribution in [1.29, 1.82) is 0 Å². The molecule has 3 saturated heterocycles. The molecule has 3 aliphatic rings. The number of carbonyl (C=O) groups is 2. The highest BCUT2D eigenvalue weighted by molar-refractivity contribution is 7.84. The Labute approximate surface area is 162 Å². The summed E-state index contributed by atoms with van der Waals surface area (Å²) in [4.78, 5) is 28.2. The SMILES string of the molecule is O=C(Nc1ccc(CN2CCOCC2)cc1)N1CC[C@@H]2[C@H]1C(=O)N2S(=O)(=O)O. The third-order valence-corrected chi connectivity index (χ3v) is 6.31. The van der Waals surface area contributed by atoms with Gasteiger partial charge in [-0.05, 0) is 24.1 Å². The standard InChI is InChI=1S/C17H22N4O6S/c22-16-15-14(21(16)28(24,25)26)5-6-20(15)17(23)18-13-3-1-12(2-4-13)11-19-7-9-27-10-8-19/h1-4,14-15H,5-11H2,(H,18,23)(H,24,25,26)/t14-,15+/m1/s1. The van der Waals surface area contributed by atoms with Crippen molar-refractivity contribution in [3.63, 3.8) is 0 Å². The van der Waals surface area contributed by atoms with E-state index in [-0.39, 0.29) is 6.54 Å². The topological polar surface area (TPSA) is 119 Å². The van der Waals surface area contributed by atoms with Gasteiger partial charge < -0.3 is 15.0 Å². The predicted molar refractivity (Wildman–Crippen MR) is 98.9 cm³/mol. The first-order valence-corrected chi connectivity index (χ1v) is 10.5. The van der Waals surface area contributed by atoms with Crippen molar-refractivity contribution in [1.82, 2.24) is 14.1 Å². The molecule has 0 unspecified atom stereocenters. The number of likely N-dealkylation sites (tertiary alicyclic amines) is 1. The van der Waals surface area contributed by atoms with Gasteiger partial charge in [0.25, 0.3) is 5.91 Å². The minimum Gasteiger partial charge on any atom is -0.379 e. The van der Waals surface area contributed by atoms with Crippen molar-refractivity contribution in [2.45, 2.75) is 25.0 Å².